The normalized spacial score (nSPS) is 15.4. The molecule has 0 aliphatic rings. The molecule has 0 unspecified atom stereocenters. The van der Waals surface area contributed by atoms with E-state index in [4.69, 9.17) is 9.84 Å². The summed E-state index contributed by atoms with van der Waals surface area (Å²) >= 11 is 0. The maximum atomic E-state index is 12.1. The van der Waals surface area contributed by atoms with Crippen LogP contribution in [0, 0.1) is 6.92 Å². The Bertz CT molecular complexity index is 533. The van der Waals surface area contributed by atoms with E-state index in [1.54, 1.807) is 43.3 Å². The van der Waals surface area contributed by atoms with Crippen LogP contribution >= 0.6 is 0 Å². The van der Waals surface area contributed by atoms with Crippen LogP contribution in [0.5, 0.6) is 0 Å². The molecule has 112 valence electrons. The summed E-state index contributed by atoms with van der Waals surface area (Å²) in [5.74, 6) is 0. The molecule has 0 heterocycles. The molecule has 0 bridgehead atoms. The minimum atomic E-state index is -3.54. The van der Waals surface area contributed by atoms with Crippen molar-refractivity contribution in [3.8, 4) is 0 Å². The van der Waals surface area contributed by atoms with Crippen molar-refractivity contribution in [3.63, 3.8) is 0 Å². The van der Waals surface area contributed by atoms with E-state index < -0.39 is 22.2 Å². The number of benzene rings is 1. The van der Waals surface area contributed by atoms with E-state index in [1.165, 1.54) is 7.11 Å². The van der Waals surface area contributed by atoms with Gasteiger partial charge in [-0.15, -0.1) is 0 Å². The highest BCUT2D eigenvalue weighted by atomic mass is 32.2. The molecule has 0 saturated heterocycles. The summed E-state index contributed by atoms with van der Waals surface area (Å²) in [4.78, 5) is 0.230. The Labute approximate surface area is 120 Å². The molecule has 0 radical (unpaired) electrons. The van der Waals surface area contributed by atoms with Crippen LogP contribution in [0.4, 0.5) is 0 Å². The largest absolute Gasteiger partial charge is 0.393 e. The number of aliphatic hydroxyl groups excluding tert-OH is 1. The molecule has 1 aromatic carbocycles. The second-order valence-electron chi connectivity index (χ2n) is 4.56. The number of aryl methyl sites for hydroxylation is 1. The van der Waals surface area contributed by atoms with E-state index in [0.29, 0.717) is 0 Å². The molecular weight excluding hydrogens is 278 g/mol. The van der Waals surface area contributed by atoms with Gasteiger partial charge in [0.15, 0.2) is 0 Å². The molecule has 6 heteroatoms. The second-order valence-corrected chi connectivity index (χ2v) is 6.28. The lowest BCUT2D eigenvalue weighted by Crippen LogP contribution is -2.31. The van der Waals surface area contributed by atoms with Crippen molar-refractivity contribution < 1.29 is 18.3 Å². The molecular formula is C14H21NO4S. The van der Waals surface area contributed by atoms with Crippen LogP contribution < -0.4 is 4.72 Å². The number of hydrogen-bond acceptors (Lipinski definition) is 4. The van der Waals surface area contributed by atoms with Gasteiger partial charge in [-0.1, -0.05) is 29.8 Å². The molecule has 0 aromatic heterocycles. The molecule has 0 saturated carbocycles. The van der Waals surface area contributed by atoms with E-state index in [2.05, 4.69) is 4.72 Å². The highest BCUT2D eigenvalue weighted by Gasteiger charge is 2.15. The van der Waals surface area contributed by atoms with Crippen LogP contribution in [0.3, 0.4) is 0 Å². The topological polar surface area (TPSA) is 75.6 Å². The summed E-state index contributed by atoms with van der Waals surface area (Å²) in [5.41, 5.74) is 1.00. The van der Waals surface area contributed by atoms with E-state index in [9.17, 15) is 8.42 Å². The predicted molar refractivity (Wildman–Crippen MR) is 78.0 cm³/mol. The molecule has 20 heavy (non-hydrogen) atoms. The van der Waals surface area contributed by atoms with E-state index in [-0.39, 0.29) is 11.5 Å². The molecule has 0 aliphatic heterocycles. The molecule has 5 nitrogen and oxygen atoms in total. The van der Waals surface area contributed by atoms with Gasteiger partial charge in [-0.2, -0.15) is 0 Å². The Morgan fingerprint density at radius 1 is 1.30 bits per heavy atom. The number of sulfonamides is 1. The first-order chi connectivity index (χ1) is 9.39. The van der Waals surface area contributed by atoms with Crippen molar-refractivity contribution in [2.75, 3.05) is 13.7 Å². The molecule has 1 aromatic rings. The van der Waals surface area contributed by atoms with Gasteiger partial charge < -0.3 is 9.84 Å². The van der Waals surface area contributed by atoms with E-state index >= 15 is 0 Å². The fourth-order valence-corrected chi connectivity index (χ4v) is 2.77. The Hall–Kier alpha value is -1.21. The Kier molecular flexibility index (Phi) is 6.35. The van der Waals surface area contributed by atoms with Crippen molar-refractivity contribution in [1.29, 1.82) is 0 Å². The van der Waals surface area contributed by atoms with Crippen LogP contribution in [-0.4, -0.2) is 39.4 Å². The van der Waals surface area contributed by atoms with E-state index in [1.807, 2.05) is 6.92 Å². The number of hydrogen-bond donors (Lipinski definition) is 2. The Balaban J connectivity index is 2.73. The van der Waals surface area contributed by atoms with Gasteiger partial charge in [-0.05, 0) is 26.0 Å². The minimum absolute atomic E-state index is 0.148. The summed E-state index contributed by atoms with van der Waals surface area (Å²) in [6, 6.07) is 6.24. The third kappa shape index (κ3) is 5.05. The molecule has 0 fully saturated rings. The quantitative estimate of drug-likeness (QED) is 0.742. The number of nitrogens with one attached hydrogen (secondary N) is 1. The van der Waals surface area contributed by atoms with Crippen molar-refractivity contribution in [3.05, 3.63) is 42.0 Å². The smallest absolute Gasteiger partial charge is 0.241 e. The van der Waals surface area contributed by atoms with Crippen LogP contribution in [0.15, 0.2) is 41.3 Å². The highest BCUT2D eigenvalue weighted by molar-refractivity contribution is 7.89. The maximum Gasteiger partial charge on any atom is 0.241 e. The first-order valence-electron chi connectivity index (χ1n) is 6.30. The van der Waals surface area contributed by atoms with Crippen LogP contribution in [-0.2, 0) is 14.8 Å². The lowest BCUT2D eigenvalue weighted by atomic mass is 10.2. The summed E-state index contributed by atoms with van der Waals surface area (Å²) in [6.07, 6.45) is 2.85. The first kappa shape index (κ1) is 16.8. The van der Waals surface area contributed by atoms with Crippen LogP contribution in [0.25, 0.3) is 0 Å². The molecule has 0 spiro atoms. The monoisotopic (exact) mass is 299 g/mol. The Morgan fingerprint density at radius 3 is 2.40 bits per heavy atom. The molecule has 0 amide bonds. The summed E-state index contributed by atoms with van der Waals surface area (Å²) < 4.78 is 31.7. The number of methoxy groups -OCH3 is 1. The van der Waals surface area contributed by atoms with Gasteiger partial charge in [-0.3, -0.25) is 0 Å². The fraction of sp³-hybridized carbons (Fsp3) is 0.429. The van der Waals surface area contributed by atoms with Crippen molar-refractivity contribution in [1.82, 2.24) is 4.72 Å². The van der Waals surface area contributed by atoms with Gasteiger partial charge in [0.05, 0.1) is 17.6 Å². The minimum Gasteiger partial charge on any atom is -0.393 e. The molecule has 0 aliphatic carbocycles. The SMILES string of the molecule is CO[C@@H](/C=C/[C@H](C)NS(=O)(=O)c1ccc(C)cc1)CO. The van der Waals surface area contributed by atoms with Gasteiger partial charge in [0.2, 0.25) is 10.0 Å². The van der Waals surface area contributed by atoms with Crippen molar-refractivity contribution in [2.45, 2.75) is 30.9 Å². The van der Waals surface area contributed by atoms with Gasteiger partial charge in [-0.25, -0.2) is 13.1 Å². The van der Waals surface area contributed by atoms with Crippen molar-refractivity contribution >= 4 is 10.0 Å². The zero-order valence-electron chi connectivity index (χ0n) is 11.9. The maximum absolute atomic E-state index is 12.1. The van der Waals surface area contributed by atoms with Gasteiger partial charge in [0, 0.05) is 13.2 Å². The van der Waals surface area contributed by atoms with Gasteiger partial charge in [0.25, 0.3) is 0 Å². The third-order valence-electron chi connectivity index (χ3n) is 2.77. The van der Waals surface area contributed by atoms with Crippen LogP contribution in [0.1, 0.15) is 12.5 Å². The van der Waals surface area contributed by atoms with Gasteiger partial charge >= 0.3 is 0 Å². The molecule has 2 atom stereocenters. The van der Waals surface area contributed by atoms with Gasteiger partial charge in [0.1, 0.15) is 0 Å². The first-order valence-corrected chi connectivity index (χ1v) is 7.78. The number of aliphatic hydroxyl groups is 1. The predicted octanol–water partition coefficient (Wildman–Crippen LogP) is 1.23. The third-order valence-corrected chi connectivity index (χ3v) is 4.34. The lowest BCUT2D eigenvalue weighted by molar-refractivity contribution is 0.0817. The zero-order valence-corrected chi connectivity index (χ0v) is 12.7. The zero-order chi connectivity index (χ0) is 15.2. The van der Waals surface area contributed by atoms with Crippen molar-refractivity contribution in [2.24, 2.45) is 0 Å². The highest BCUT2D eigenvalue weighted by Crippen LogP contribution is 2.10. The lowest BCUT2D eigenvalue weighted by Gasteiger charge is -2.12. The number of rotatable bonds is 7. The summed E-state index contributed by atoms with van der Waals surface area (Å²) in [7, 11) is -2.06. The molecule has 1 rings (SSSR count). The standard InChI is InChI=1S/C14H21NO4S/c1-11-4-8-14(9-5-11)20(17,18)15-12(2)6-7-13(10-16)19-3/h4-9,12-13,15-16H,10H2,1-3H3/b7-6+/t12-,13-/m0/s1. The fourth-order valence-electron chi connectivity index (χ4n) is 1.57. The second kappa shape index (κ2) is 7.54. The molecule has 2 N–H and O–H groups in total. The summed E-state index contributed by atoms with van der Waals surface area (Å²) in [6.45, 7) is 3.46. The van der Waals surface area contributed by atoms with E-state index in [0.717, 1.165) is 5.56 Å². The summed E-state index contributed by atoms with van der Waals surface area (Å²) in [5, 5.41) is 8.96. The Morgan fingerprint density at radius 2 is 1.90 bits per heavy atom. The average molecular weight is 299 g/mol. The van der Waals surface area contributed by atoms with Crippen LogP contribution in [0.2, 0.25) is 0 Å². The average Bonchev–Trinajstić information content (AvgIpc) is 2.39. The number of ether oxygens (including phenoxy) is 1.